The van der Waals surface area contributed by atoms with E-state index in [-0.39, 0.29) is 18.2 Å². The summed E-state index contributed by atoms with van der Waals surface area (Å²) in [5.41, 5.74) is 0. The van der Waals surface area contributed by atoms with Crippen LogP contribution in [0.1, 0.15) is 6.92 Å². The molecule has 0 aromatic carbocycles. The molecule has 0 aliphatic carbocycles. The lowest BCUT2D eigenvalue weighted by molar-refractivity contribution is 0.340. The molecule has 2 nitrogen and oxygen atoms in total. The molecule has 0 N–H and O–H groups in total. The molecule has 0 fully saturated rings. The Morgan fingerprint density at radius 1 is 1.23 bits per heavy atom. The Kier molecular flexibility index (Phi) is 4.95. The summed E-state index contributed by atoms with van der Waals surface area (Å²) in [6, 6.07) is 0. The van der Waals surface area contributed by atoms with Gasteiger partial charge in [-0.2, -0.15) is 17.6 Å². The third-order valence-electron chi connectivity index (χ3n) is 0.886. The normalized spacial score (nSPS) is 10.8. The van der Waals surface area contributed by atoms with E-state index in [4.69, 9.17) is 0 Å². The van der Waals surface area contributed by atoms with Crippen molar-refractivity contribution in [3.05, 3.63) is 23.8 Å². The van der Waals surface area contributed by atoms with Crippen molar-refractivity contribution in [1.29, 1.82) is 0 Å². The van der Waals surface area contributed by atoms with Gasteiger partial charge in [0.2, 0.25) is 0 Å². The van der Waals surface area contributed by atoms with E-state index >= 15 is 0 Å². The van der Waals surface area contributed by atoms with E-state index in [1.807, 2.05) is 0 Å². The molecule has 0 amide bonds. The van der Waals surface area contributed by atoms with Gasteiger partial charge in [0, 0.05) is 0 Å². The van der Waals surface area contributed by atoms with Crippen LogP contribution in [0.4, 0.5) is 17.6 Å². The Morgan fingerprint density at radius 3 is 1.85 bits per heavy atom. The molecule has 0 aromatic rings. The lowest BCUT2D eigenvalue weighted by atomic mass is 10.9. The lowest BCUT2D eigenvalue weighted by Gasteiger charge is -2.06. The van der Waals surface area contributed by atoms with Gasteiger partial charge in [-0.25, -0.2) is 0 Å². The molecule has 7 heteroatoms. The summed E-state index contributed by atoms with van der Waals surface area (Å²) in [7, 11) is -4.16. The largest absolute Gasteiger partial charge is 0.323 e. The minimum atomic E-state index is -4.16. The Balaban J connectivity index is 4.86. The van der Waals surface area contributed by atoms with Gasteiger partial charge in [0.1, 0.15) is 0 Å². The Hall–Kier alpha value is -0.610. The van der Waals surface area contributed by atoms with Crippen molar-refractivity contribution in [2.24, 2.45) is 0 Å². The van der Waals surface area contributed by atoms with Gasteiger partial charge in [0.25, 0.3) is 19.5 Å². The fourth-order valence-electron chi connectivity index (χ4n) is 0.586. The molecule has 0 aliphatic heterocycles. The SMILES string of the molecule is CCOP(=O)(C=C(F)F)C=C(F)F. The van der Waals surface area contributed by atoms with Crippen molar-refractivity contribution in [3.63, 3.8) is 0 Å². The minimum Gasteiger partial charge on any atom is -0.323 e. The van der Waals surface area contributed by atoms with Gasteiger partial charge in [-0.15, -0.1) is 0 Å². The fraction of sp³-hybridized carbons (Fsp3) is 0.333. The summed E-state index contributed by atoms with van der Waals surface area (Å²) in [6.45, 7) is 1.17. The molecule has 76 valence electrons. The molecule has 0 spiro atoms. The van der Waals surface area contributed by atoms with E-state index in [0.717, 1.165) is 0 Å². The van der Waals surface area contributed by atoms with Crippen molar-refractivity contribution < 1.29 is 26.7 Å². The van der Waals surface area contributed by atoms with Gasteiger partial charge < -0.3 is 4.52 Å². The molecule has 0 radical (unpaired) electrons. The molecule has 0 bridgehead atoms. The van der Waals surface area contributed by atoms with E-state index < -0.39 is 19.5 Å². The first kappa shape index (κ1) is 12.4. The van der Waals surface area contributed by atoms with Crippen molar-refractivity contribution in [2.45, 2.75) is 6.92 Å². The standard InChI is InChI=1S/C6H7F4O2P/c1-2-12-13(11,3-5(7)8)4-6(9)10/h3-4H,2H2,1H3. The van der Waals surface area contributed by atoms with Gasteiger partial charge in [-0.3, -0.25) is 4.57 Å². The molecule has 13 heavy (non-hydrogen) atoms. The smallest absolute Gasteiger partial charge is 0.276 e. The minimum absolute atomic E-state index is 0.102. The summed E-state index contributed by atoms with van der Waals surface area (Å²) in [4.78, 5) is 0. The van der Waals surface area contributed by atoms with E-state index in [2.05, 4.69) is 4.52 Å². The van der Waals surface area contributed by atoms with E-state index in [1.54, 1.807) is 0 Å². The molecule has 0 aliphatic rings. The van der Waals surface area contributed by atoms with Crippen LogP contribution in [0, 0.1) is 0 Å². The van der Waals surface area contributed by atoms with Gasteiger partial charge >= 0.3 is 0 Å². The highest BCUT2D eigenvalue weighted by Gasteiger charge is 2.20. The molecule has 0 saturated heterocycles. The molecule has 0 rings (SSSR count). The van der Waals surface area contributed by atoms with Gasteiger partial charge in [-0.1, -0.05) is 0 Å². The Morgan fingerprint density at radius 2 is 1.62 bits per heavy atom. The first-order chi connectivity index (χ1) is 5.89. The molecular formula is C6H7F4O2P. The van der Waals surface area contributed by atoms with Crippen molar-refractivity contribution in [1.82, 2.24) is 0 Å². The van der Waals surface area contributed by atoms with Crippen LogP contribution in [0.5, 0.6) is 0 Å². The second kappa shape index (κ2) is 5.19. The van der Waals surface area contributed by atoms with Crippen LogP contribution in [-0.4, -0.2) is 6.61 Å². The quantitative estimate of drug-likeness (QED) is 0.530. The highest BCUT2D eigenvalue weighted by Crippen LogP contribution is 2.52. The maximum atomic E-state index is 11.6. The van der Waals surface area contributed by atoms with Crippen LogP contribution in [0.25, 0.3) is 0 Å². The Bertz CT molecular complexity index is 244. The second-order valence-electron chi connectivity index (χ2n) is 1.90. The van der Waals surface area contributed by atoms with Crippen molar-refractivity contribution in [3.8, 4) is 0 Å². The van der Waals surface area contributed by atoms with Gasteiger partial charge in [-0.05, 0) is 6.92 Å². The monoisotopic (exact) mass is 218 g/mol. The number of hydrogen-bond donors (Lipinski definition) is 0. The average Bonchev–Trinajstić information content (AvgIpc) is 1.81. The van der Waals surface area contributed by atoms with Crippen LogP contribution in [-0.2, 0) is 9.09 Å². The molecule has 0 unspecified atom stereocenters. The van der Waals surface area contributed by atoms with Gasteiger partial charge in [0.15, 0.2) is 0 Å². The predicted molar refractivity (Wildman–Crippen MR) is 39.8 cm³/mol. The first-order valence-electron chi connectivity index (χ1n) is 3.21. The van der Waals surface area contributed by atoms with Gasteiger partial charge in [0.05, 0.1) is 18.2 Å². The van der Waals surface area contributed by atoms with Crippen LogP contribution < -0.4 is 0 Å². The summed E-state index contributed by atoms with van der Waals surface area (Å²) < 4.78 is 61.9. The zero-order chi connectivity index (χ0) is 10.5. The maximum Gasteiger partial charge on any atom is 0.276 e. The highest BCUT2D eigenvalue weighted by atomic mass is 31.2. The number of rotatable bonds is 4. The van der Waals surface area contributed by atoms with E-state index in [0.29, 0.717) is 0 Å². The van der Waals surface area contributed by atoms with Crippen LogP contribution in [0.3, 0.4) is 0 Å². The lowest BCUT2D eigenvalue weighted by Crippen LogP contribution is -1.84. The van der Waals surface area contributed by atoms with Crippen LogP contribution in [0.2, 0.25) is 0 Å². The fourth-order valence-corrected chi connectivity index (χ4v) is 1.76. The molecule has 0 saturated carbocycles. The number of hydrogen-bond acceptors (Lipinski definition) is 2. The molecule has 0 aromatic heterocycles. The summed E-state index contributed by atoms with van der Waals surface area (Å²) >= 11 is 0. The Labute approximate surface area is 72.3 Å². The summed E-state index contributed by atoms with van der Waals surface area (Å²) in [6.07, 6.45) is -4.62. The predicted octanol–water partition coefficient (Wildman–Crippen LogP) is 3.78. The summed E-state index contributed by atoms with van der Waals surface area (Å²) in [5.74, 6) is -0.203. The number of halogens is 4. The van der Waals surface area contributed by atoms with Crippen LogP contribution >= 0.6 is 7.37 Å². The maximum absolute atomic E-state index is 11.6. The topological polar surface area (TPSA) is 26.3 Å². The molecule has 0 heterocycles. The van der Waals surface area contributed by atoms with E-state index in [9.17, 15) is 22.1 Å². The zero-order valence-electron chi connectivity index (χ0n) is 6.64. The van der Waals surface area contributed by atoms with E-state index in [1.165, 1.54) is 6.92 Å². The van der Waals surface area contributed by atoms with Crippen LogP contribution in [0.15, 0.2) is 23.8 Å². The first-order valence-corrected chi connectivity index (χ1v) is 4.97. The van der Waals surface area contributed by atoms with Crippen molar-refractivity contribution in [2.75, 3.05) is 6.61 Å². The molecule has 0 atom stereocenters. The molecular weight excluding hydrogens is 211 g/mol. The second-order valence-corrected chi connectivity index (χ2v) is 3.97. The average molecular weight is 218 g/mol. The van der Waals surface area contributed by atoms with Crippen molar-refractivity contribution >= 4 is 7.37 Å². The third kappa shape index (κ3) is 5.60. The zero-order valence-corrected chi connectivity index (χ0v) is 7.53. The third-order valence-corrected chi connectivity index (χ3v) is 2.66. The summed E-state index contributed by atoms with van der Waals surface area (Å²) in [5, 5.41) is 0. The highest BCUT2D eigenvalue weighted by molar-refractivity contribution is 7.65.